The van der Waals surface area contributed by atoms with Crippen LogP contribution in [0.2, 0.25) is 0 Å². The van der Waals surface area contributed by atoms with Gasteiger partial charge < -0.3 is 42.7 Å². The maximum Gasteiger partial charge on any atom is 0.352 e. The lowest BCUT2D eigenvalue weighted by molar-refractivity contribution is -0.150. The number of fused-ring (bicyclic) bond motifs is 1. The average molecular weight is 791 g/mol. The summed E-state index contributed by atoms with van der Waals surface area (Å²) in [6, 6.07) is -3.29. The maximum absolute atomic E-state index is 14.7. The highest BCUT2D eigenvalue weighted by molar-refractivity contribution is 8.00. The van der Waals surface area contributed by atoms with Crippen molar-refractivity contribution in [3.8, 4) is 0 Å². The Labute approximate surface area is 308 Å². The van der Waals surface area contributed by atoms with Crippen LogP contribution in [0.1, 0.15) is 11.4 Å². The number of carboxylic acid groups (broad SMARTS) is 2. The van der Waals surface area contributed by atoms with E-state index in [1.54, 1.807) is 0 Å². The summed E-state index contributed by atoms with van der Waals surface area (Å²) in [6.45, 7) is 7.33. The first-order chi connectivity index (χ1) is 24.8. The van der Waals surface area contributed by atoms with E-state index in [4.69, 9.17) is 11.5 Å². The van der Waals surface area contributed by atoms with Crippen LogP contribution in [0.5, 0.6) is 0 Å². The van der Waals surface area contributed by atoms with Gasteiger partial charge in [-0.05, 0) is 11.1 Å². The summed E-state index contributed by atoms with van der Waals surface area (Å²) in [7, 11) is 0. The molecule has 2 aromatic heterocycles. The molecule has 0 saturated carbocycles. The second-order valence-electron chi connectivity index (χ2n) is 10.5. The molecular formula is C28H26N10O10S4. The molecule has 20 nitrogen and oxygen atoms in total. The molecule has 1 saturated heterocycles. The molecule has 1 fully saturated rings. The SMILES string of the molecule is C=CC1=C(C(=O)O)N(C(=O)C2=C(C=C)CS[C@@H]3[C@H](NC(=O)/C(=N\O)c4csc(N)n4)C(=O)N23)C(C(NC(=O)/C(=N\O)c2csc(N)n2)C(=O)O)SC1. The molecule has 0 bridgehead atoms. The van der Waals surface area contributed by atoms with Gasteiger partial charge in [0.15, 0.2) is 27.7 Å². The number of β-lactam (4-membered cyclic amide) rings is 1. The standard InChI is InChI=1S/C28H26N10O10S4/c1-3-9-5-49-23-15(33-19(39)13(35-47)11-7-51-27(29)31-11)21(41)37(23)17(9)22(42)38-18(26(45)46)10(4-2)6-50-24(38)16(25(43)44)34-20(40)14(36-48)12-8-52-28(30)32-12/h3-4,7-8,15-16,23-24,47-48H,1-2,5-6H2,(H2,29,31)(H2,30,32)(H,33,39)(H,34,40)(H,43,44)(H,45,46)/b35-13-,36-14-/t15-,16?,23-,24?/m1/s1. The molecule has 272 valence electrons. The number of nitrogens with two attached hydrogens (primary N) is 2. The monoisotopic (exact) mass is 790 g/mol. The third-order valence-electron chi connectivity index (χ3n) is 7.61. The van der Waals surface area contributed by atoms with E-state index in [9.17, 15) is 49.4 Å². The zero-order valence-corrected chi connectivity index (χ0v) is 29.4. The Bertz CT molecular complexity index is 2040. The van der Waals surface area contributed by atoms with Crippen LogP contribution in [-0.2, 0) is 28.8 Å². The minimum Gasteiger partial charge on any atom is -0.480 e. The Balaban J connectivity index is 1.50. The van der Waals surface area contributed by atoms with Crippen molar-refractivity contribution in [1.82, 2.24) is 30.4 Å². The van der Waals surface area contributed by atoms with Gasteiger partial charge in [-0.3, -0.25) is 29.0 Å². The third-order valence-corrected chi connectivity index (χ3v) is 11.6. The van der Waals surface area contributed by atoms with Crippen molar-refractivity contribution in [2.24, 2.45) is 10.3 Å². The number of carbonyl (C=O) groups is 6. The second kappa shape index (κ2) is 15.3. The summed E-state index contributed by atoms with van der Waals surface area (Å²) in [5, 5.41) is 50.4. The molecule has 52 heavy (non-hydrogen) atoms. The zero-order valence-electron chi connectivity index (χ0n) is 26.2. The maximum atomic E-state index is 14.7. The van der Waals surface area contributed by atoms with E-state index in [0.29, 0.717) is 4.90 Å². The van der Waals surface area contributed by atoms with Crippen molar-refractivity contribution in [3.63, 3.8) is 0 Å². The molecule has 5 heterocycles. The smallest absolute Gasteiger partial charge is 0.352 e. The fourth-order valence-electron chi connectivity index (χ4n) is 5.26. The van der Waals surface area contributed by atoms with Gasteiger partial charge in [-0.1, -0.05) is 35.6 Å². The van der Waals surface area contributed by atoms with Crippen LogP contribution in [0.25, 0.3) is 0 Å². The van der Waals surface area contributed by atoms with E-state index in [-0.39, 0.29) is 50.0 Å². The Kier molecular flexibility index (Phi) is 11.0. The van der Waals surface area contributed by atoms with Crippen molar-refractivity contribution in [3.05, 3.63) is 70.0 Å². The minimum absolute atomic E-state index is 0.00996. The number of nitrogens with zero attached hydrogens (tertiary/aromatic N) is 6. The number of amides is 4. The van der Waals surface area contributed by atoms with Crippen molar-refractivity contribution in [2.75, 3.05) is 23.0 Å². The van der Waals surface area contributed by atoms with E-state index >= 15 is 0 Å². The Morgan fingerprint density at radius 1 is 0.904 bits per heavy atom. The number of rotatable bonds is 12. The summed E-state index contributed by atoms with van der Waals surface area (Å²) >= 11 is 3.78. The second-order valence-corrected chi connectivity index (χ2v) is 14.5. The molecule has 2 aromatic rings. The Morgan fingerprint density at radius 3 is 1.92 bits per heavy atom. The van der Waals surface area contributed by atoms with Crippen LogP contribution in [0.15, 0.2) is 68.9 Å². The molecule has 4 atom stereocenters. The highest BCUT2D eigenvalue weighted by Crippen LogP contribution is 2.43. The van der Waals surface area contributed by atoms with Crippen molar-refractivity contribution in [1.29, 1.82) is 0 Å². The number of anilines is 2. The zero-order chi connectivity index (χ0) is 38.0. The molecule has 0 spiro atoms. The van der Waals surface area contributed by atoms with Crippen LogP contribution < -0.4 is 22.1 Å². The number of allylic oxidation sites excluding steroid dienone is 2. The first-order valence-corrected chi connectivity index (χ1v) is 18.2. The summed E-state index contributed by atoms with van der Waals surface area (Å²) in [5.41, 5.74) is 8.89. The molecule has 4 amide bonds. The summed E-state index contributed by atoms with van der Waals surface area (Å²) < 4.78 is 0. The van der Waals surface area contributed by atoms with Gasteiger partial charge in [0.05, 0.1) is 0 Å². The predicted octanol–water partition coefficient (Wildman–Crippen LogP) is -0.344. The van der Waals surface area contributed by atoms with Gasteiger partial charge in [0.25, 0.3) is 23.6 Å². The lowest BCUT2D eigenvalue weighted by Gasteiger charge is -2.51. The number of aliphatic carboxylic acids is 2. The predicted molar refractivity (Wildman–Crippen MR) is 189 cm³/mol. The van der Waals surface area contributed by atoms with Gasteiger partial charge in [0, 0.05) is 22.3 Å². The molecule has 24 heteroatoms. The van der Waals surface area contributed by atoms with Crippen molar-refractivity contribution < 1.29 is 49.4 Å². The molecular weight excluding hydrogens is 765 g/mol. The molecule has 0 aromatic carbocycles. The summed E-state index contributed by atoms with van der Waals surface area (Å²) in [4.78, 5) is 89.5. The number of nitrogen functional groups attached to an aromatic ring is 2. The number of carboxylic acids is 2. The van der Waals surface area contributed by atoms with Gasteiger partial charge >= 0.3 is 11.9 Å². The molecule has 2 unspecified atom stereocenters. The third kappa shape index (κ3) is 6.82. The number of hydrogen-bond acceptors (Lipinski definition) is 18. The summed E-state index contributed by atoms with van der Waals surface area (Å²) in [5.74, 6) is -7.67. The van der Waals surface area contributed by atoms with Gasteiger partial charge in [-0.15, -0.1) is 46.2 Å². The molecule has 3 aliphatic rings. The molecule has 0 radical (unpaired) electrons. The largest absolute Gasteiger partial charge is 0.480 e. The van der Waals surface area contributed by atoms with Crippen LogP contribution in [-0.4, -0.2) is 122 Å². The van der Waals surface area contributed by atoms with Crippen LogP contribution in [0.3, 0.4) is 0 Å². The van der Waals surface area contributed by atoms with E-state index in [1.807, 2.05) is 0 Å². The minimum atomic E-state index is -2.04. The lowest BCUT2D eigenvalue weighted by atomic mass is 10.0. The fraction of sp³-hybridized carbons (Fsp3) is 0.214. The first-order valence-electron chi connectivity index (χ1n) is 14.3. The molecule has 3 aliphatic heterocycles. The van der Waals surface area contributed by atoms with Gasteiger partial charge in [0.1, 0.15) is 39.6 Å². The number of thioether (sulfide) groups is 2. The summed E-state index contributed by atoms with van der Waals surface area (Å²) in [6.07, 6.45) is 2.44. The number of aromatic nitrogens is 2. The number of nitrogens with one attached hydrogen (secondary N) is 2. The van der Waals surface area contributed by atoms with E-state index < -0.39 is 75.5 Å². The molecule has 10 N–H and O–H groups in total. The number of carbonyl (C=O) groups excluding carboxylic acids is 4. The topological polar surface area (TPSA) is 316 Å². The number of oxime groups is 2. The van der Waals surface area contributed by atoms with E-state index in [0.717, 1.165) is 51.1 Å². The first kappa shape index (κ1) is 37.5. The molecule has 0 aliphatic carbocycles. The lowest BCUT2D eigenvalue weighted by Crippen LogP contribution is -2.72. The van der Waals surface area contributed by atoms with Gasteiger partial charge in [-0.25, -0.2) is 19.6 Å². The number of hydrogen-bond donors (Lipinski definition) is 8. The fourth-order valence-corrected chi connectivity index (χ4v) is 9.03. The van der Waals surface area contributed by atoms with Crippen LogP contribution in [0.4, 0.5) is 10.3 Å². The average Bonchev–Trinajstić information content (AvgIpc) is 3.75. The van der Waals surface area contributed by atoms with Crippen LogP contribution in [0, 0.1) is 0 Å². The normalized spacial score (nSPS) is 21.2. The van der Waals surface area contributed by atoms with Gasteiger partial charge in [0.2, 0.25) is 0 Å². The van der Waals surface area contributed by atoms with Crippen molar-refractivity contribution >= 4 is 103 Å². The molecule has 5 rings (SSSR count). The van der Waals surface area contributed by atoms with E-state index in [2.05, 4.69) is 44.1 Å². The Morgan fingerprint density at radius 2 is 1.44 bits per heavy atom. The number of thiazole rings is 2. The van der Waals surface area contributed by atoms with Crippen molar-refractivity contribution in [2.45, 2.75) is 22.8 Å². The quantitative estimate of drug-likeness (QED) is 0.0590. The highest BCUT2D eigenvalue weighted by Gasteiger charge is 2.56. The van der Waals surface area contributed by atoms with Crippen LogP contribution >= 0.6 is 46.2 Å². The Hall–Kier alpha value is -5.72. The van der Waals surface area contributed by atoms with Gasteiger partial charge in [-0.2, -0.15) is 0 Å². The van der Waals surface area contributed by atoms with E-state index in [1.165, 1.54) is 22.9 Å². The highest BCUT2D eigenvalue weighted by atomic mass is 32.2.